The van der Waals surface area contributed by atoms with Gasteiger partial charge in [-0.25, -0.2) is 0 Å². The largest absolute Gasteiger partial charge is 0.374 e. The van der Waals surface area contributed by atoms with E-state index in [1.54, 1.807) is 0 Å². The Hall–Kier alpha value is -0.820. The Morgan fingerprint density at radius 2 is 1.59 bits per heavy atom. The summed E-state index contributed by atoms with van der Waals surface area (Å²) in [6.45, 7) is 11.8. The molecule has 0 saturated carbocycles. The zero-order valence-corrected chi connectivity index (χ0v) is 11.9. The first-order chi connectivity index (χ1) is 7.90. The fourth-order valence-electron chi connectivity index (χ4n) is 1.72. The second kappa shape index (κ2) is 6.20. The van der Waals surface area contributed by atoms with Crippen LogP contribution in [0.2, 0.25) is 0 Å². The Kier molecular flexibility index (Phi) is 5.20. The highest BCUT2D eigenvalue weighted by molar-refractivity contribution is 5.22. The number of rotatable bonds is 5. The van der Waals surface area contributed by atoms with Crippen molar-refractivity contribution in [2.24, 2.45) is 5.41 Å². The second-order valence-electron chi connectivity index (χ2n) is 6.08. The van der Waals surface area contributed by atoms with Crippen molar-refractivity contribution >= 4 is 0 Å². The molecule has 0 amide bonds. The topological polar surface area (TPSA) is 9.23 Å². The van der Waals surface area contributed by atoms with Crippen LogP contribution in [0.1, 0.15) is 52.2 Å². The van der Waals surface area contributed by atoms with Gasteiger partial charge in [0.15, 0.2) is 0 Å². The van der Waals surface area contributed by atoms with Crippen molar-refractivity contribution < 1.29 is 4.74 Å². The number of hydrogen-bond acceptors (Lipinski definition) is 1. The maximum Gasteiger partial charge on any atom is 0.0720 e. The molecule has 1 rings (SSSR count). The van der Waals surface area contributed by atoms with Gasteiger partial charge < -0.3 is 4.74 Å². The van der Waals surface area contributed by atoms with Crippen molar-refractivity contribution in [3.63, 3.8) is 0 Å². The van der Waals surface area contributed by atoms with E-state index < -0.39 is 0 Å². The quantitative estimate of drug-likeness (QED) is 0.724. The van der Waals surface area contributed by atoms with E-state index in [4.69, 9.17) is 4.74 Å². The van der Waals surface area contributed by atoms with Gasteiger partial charge in [0.25, 0.3) is 0 Å². The van der Waals surface area contributed by atoms with Crippen molar-refractivity contribution in [3.8, 4) is 0 Å². The summed E-state index contributed by atoms with van der Waals surface area (Å²) < 4.78 is 5.72. The van der Waals surface area contributed by atoms with E-state index in [-0.39, 0.29) is 0 Å². The van der Waals surface area contributed by atoms with Gasteiger partial charge in [0.05, 0.1) is 12.7 Å². The molecule has 0 aromatic heterocycles. The summed E-state index contributed by atoms with van der Waals surface area (Å²) in [5.74, 6) is 0. The maximum absolute atomic E-state index is 5.72. The van der Waals surface area contributed by atoms with Crippen LogP contribution in [-0.2, 0) is 17.8 Å². The molecule has 1 aromatic carbocycles. The van der Waals surface area contributed by atoms with Crippen LogP contribution in [0.15, 0.2) is 24.3 Å². The molecule has 0 aliphatic carbocycles. The Morgan fingerprint density at radius 1 is 1.06 bits per heavy atom. The third kappa shape index (κ3) is 5.88. The lowest BCUT2D eigenvalue weighted by molar-refractivity contribution is 0.0508. The van der Waals surface area contributed by atoms with E-state index in [1.165, 1.54) is 11.1 Å². The molecular formula is C16H26O. The Labute approximate surface area is 106 Å². The Balaban J connectivity index is 2.50. The summed E-state index contributed by atoms with van der Waals surface area (Å²) in [5.41, 5.74) is 3.03. The summed E-state index contributed by atoms with van der Waals surface area (Å²) in [4.78, 5) is 0. The predicted octanol–water partition coefficient (Wildman–Crippen LogP) is 4.59. The van der Waals surface area contributed by atoms with Crippen molar-refractivity contribution in [3.05, 3.63) is 35.4 Å². The molecule has 0 heterocycles. The van der Waals surface area contributed by atoms with Crippen LogP contribution in [-0.4, -0.2) is 6.10 Å². The molecular weight excluding hydrogens is 208 g/mol. The SMILES string of the molecule is CCC(C)OCc1ccc(CC(C)(C)C)cc1. The molecule has 0 spiro atoms. The third-order valence-electron chi connectivity index (χ3n) is 2.87. The minimum atomic E-state index is 0.351. The zero-order chi connectivity index (χ0) is 12.9. The van der Waals surface area contributed by atoms with Crippen LogP contribution >= 0.6 is 0 Å². The average molecular weight is 234 g/mol. The van der Waals surface area contributed by atoms with Gasteiger partial charge in [0, 0.05) is 0 Å². The van der Waals surface area contributed by atoms with Gasteiger partial charge in [-0.2, -0.15) is 0 Å². The van der Waals surface area contributed by atoms with Crippen LogP contribution in [0.3, 0.4) is 0 Å². The number of hydrogen-bond donors (Lipinski definition) is 0. The molecule has 1 unspecified atom stereocenters. The first-order valence-corrected chi connectivity index (χ1v) is 6.60. The van der Waals surface area contributed by atoms with E-state index in [2.05, 4.69) is 58.9 Å². The lowest BCUT2D eigenvalue weighted by atomic mass is 9.88. The van der Waals surface area contributed by atoms with Crippen molar-refractivity contribution in [1.29, 1.82) is 0 Å². The summed E-state index contributed by atoms with van der Waals surface area (Å²) in [6, 6.07) is 8.81. The normalized spacial score (nSPS) is 13.7. The Bertz CT molecular complexity index is 318. The molecule has 0 radical (unpaired) electrons. The highest BCUT2D eigenvalue weighted by Gasteiger charge is 2.10. The van der Waals surface area contributed by atoms with Crippen molar-refractivity contribution in [2.45, 2.75) is 60.2 Å². The summed E-state index contributed by atoms with van der Waals surface area (Å²) >= 11 is 0. The molecule has 17 heavy (non-hydrogen) atoms. The van der Waals surface area contributed by atoms with Gasteiger partial charge in [-0.05, 0) is 36.3 Å². The minimum absolute atomic E-state index is 0.351. The van der Waals surface area contributed by atoms with Gasteiger partial charge in [-0.3, -0.25) is 0 Å². The molecule has 0 aliphatic heterocycles. The average Bonchev–Trinajstić information content (AvgIpc) is 2.25. The fraction of sp³-hybridized carbons (Fsp3) is 0.625. The van der Waals surface area contributed by atoms with E-state index in [0.717, 1.165) is 19.4 Å². The predicted molar refractivity (Wildman–Crippen MR) is 74.1 cm³/mol. The lowest BCUT2D eigenvalue weighted by Gasteiger charge is -2.18. The van der Waals surface area contributed by atoms with Crippen LogP contribution in [0, 0.1) is 5.41 Å². The van der Waals surface area contributed by atoms with Crippen LogP contribution in [0.5, 0.6) is 0 Å². The second-order valence-corrected chi connectivity index (χ2v) is 6.08. The molecule has 0 aliphatic rings. The molecule has 0 fully saturated rings. The highest BCUT2D eigenvalue weighted by Crippen LogP contribution is 2.20. The zero-order valence-electron chi connectivity index (χ0n) is 11.9. The summed E-state index contributed by atoms with van der Waals surface area (Å²) in [6.07, 6.45) is 2.55. The van der Waals surface area contributed by atoms with Crippen LogP contribution in [0.25, 0.3) is 0 Å². The van der Waals surface area contributed by atoms with Gasteiger partial charge in [0.1, 0.15) is 0 Å². The standard InChI is InChI=1S/C16H26O/c1-6-13(2)17-12-15-9-7-14(8-10-15)11-16(3,4)5/h7-10,13H,6,11-12H2,1-5H3. The molecule has 1 nitrogen and oxygen atoms in total. The summed E-state index contributed by atoms with van der Waals surface area (Å²) in [5, 5.41) is 0. The fourth-order valence-corrected chi connectivity index (χ4v) is 1.72. The monoisotopic (exact) mass is 234 g/mol. The van der Waals surface area contributed by atoms with Crippen LogP contribution < -0.4 is 0 Å². The van der Waals surface area contributed by atoms with Gasteiger partial charge in [-0.15, -0.1) is 0 Å². The molecule has 0 saturated heterocycles. The molecule has 96 valence electrons. The van der Waals surface area contributed by atoms with Gasteiger partial charge >= 0.3 is 0 Å². The van der Waals surface area contributed by atoms with E-state index in [0.29, 0.717) is 11.5 Å². The van der Waals surface area contributed by atoms with Crippen molar-refractivity contribution in [1.82, 2.24) is 0 Å². The maximum atomic E-state index is 5.72. The molecule has 1 heteroatoms. The molecule has 1 aromatic rings. The molecule has 0 bridgehead atoms. The van der Waals surface area contributed by atoms with E-state index in [1.807, 2.05) is 0 Å². The van der Waals surface area contributed by atoms with Crippen LogP contribution in [0.4, 0.5) is 0 Å². The third-order valence-corrected chi connectivity index (χ3v) is 2.87. The molecule has 1 atom stereocenters. The molecule has 0 N–H and O–H groups in total. The smallest absolute Gasteiger partial charge is 0.0720 e. The van der Waals surface area contributed by atoms with Crippen molar-refractivity contribution in [2.75, 3.05) is 0 Å². The highest BCUT2D eigenvalue weighted by atomic mass is 16.5. The van der Waals surface area contributed by atoms with Gasteiger partial charge in [-0.1, -0.05) is 52.0 Å². The lowest BCUT2D eigenvalue weighted by Crippen LogP contribution is -2.09. The number of ether oxygens (including phenoxy) is 1. The first-order valence-electron chi connectivity index (χ1n) is 6.60. The minimum Gasteiger partial charge on any atom is -0.374 e. The van der Waals surface area contributed by atoms with E-state index >= 15 is 0 Å². The Morgan fingerprint density at radius 3 is 2.06 bits per heavy atom. The van der Waals surface area contributed by atoms with Gasteiger partial charge in [0.2, 0.25) is 0 Å². The first kappa shape index (κ1) is 14.2. The van der Waals surface area contributed by atoms with E-state index in [9.17, 15) is 0 Å². The summed E-state index contributed by atoms with van der Waals surface area (Å²) in [7, 11) is 0. The number of benzene rings is 1.